The van der Waals surface area contributed by atoms with Crippen LogP contribution in [0.25, 0.3) is 11.1 Å². The van der Waals surface area contributed by atoms with Crippen LogP contribution in [-0.2, 0) is 0 Å². The SMILES string of the molecule is Brc1ccc(-c2cccc(N(c3ccccc3)c3ccccc3)c2)c(Br)c1. The Morgan fingerprint density at radius 1 is 0.519 bits per heavy atom. The van der Waals surface area contributed by atoms with Crippen molar-refractivity contribution in [1.29, 1.82) is 0 Å². The summed E-state index contributed by atoms with van der Waals surface area (Å²) in [5.41, 5.74) is 5.73. The second-order valence-corrected chi connectivity index (χ2v) is 7.95. The lowest BCUT2D eigenvalue weighted by atomic mass is 10.0. The van der Waals surface area contributed by atoms with E-state index in [0.29, 0.717) is 0 Å². The number of nitrogens with zero attached hydrogens (tertiary/aromatic N) is 1. The predicted octanol–water partition coefficient (Wildman–Crippen LogP) is 8.35. The molecule has 4 aromatic carbocycles. The van der Waals surface area contributed by atoms with Crippen molar-refractivity contribution < 1.29 is 0 Å². The molecule has 0 radical (unpaired) electrons. The van der Waals surface area contributed by atoms with Crippen LogP contribution in [0, 0.1) is 0 Å². The summed E-state index contributed by atoms with van der Waals surface area (Å²) in [6.07, 6.45) is 0. The summed E-state index contributed by atoms with van der Waals surface area (Å²) in [5, 5.41) is 0. The molecule has 0 saturated heterocycles. The third kappa shape index (κ3) is 4.00. The van der Waals surface area contributed by atoms with Crippen LogP contribution in [-0.4, -0.2) is 0 Å². The van der Waals surface area contributed by atoms with E-state index in [-0.39, 0.29) is 0 Å². The number of halogens is 2. The molecular weight excluding hydrogens is 462 g/mol. The van der Waals surface area contributed by atoms with E-state index in [4.69, 9.17) is 0 Å². The van der Waals surface area contributed by atoms with E-state index < -0.39 is 0 Å². The molecule has 0 N–H and O–H groups in total. The van der Waals surface area contributed by atoms with E-state index >= 15 is 0 Å². The molecule has 0 aliphatic rings. The van der Waals surface area contributed by atoms with Crippen LogP contribution in [0.1, 0.15) is 0 Å². The van der Waals surface area contributed by atoms with Gasteiger partial charge in [0.2, 0.25) is 0 Å². The number of benzene rings is 4. The number of rotatable bonds is 4. The molecule has 0 atom stereocenters. The van der Waals surface area contributed by atoms with E-state index in [1.54, 1.807) is 0 Å². The van der Waals surface area contributed by atoms with Crippen molar-refractivity contribution in [1.82, 2.24) is 0 Å². The van der Waals surface area contributed by atoms with E-state index in [0.717, 1.165) is 26.0 Å². The van der Waals surface area contributed by atoms with Gasteiger partial charge in [-0.1, -0.05) is 86.5 Å². The van der Waals surface area contributed by atoms with E-state index in [9.17, 15) is 0 Å². The summed E-state index contributed by atoms with van der Waals surface area (Å²) in [7, 11) is 0. The van der Waals surface area contributed by atoms with Gasteiger partial charge in [0.15, 0.2) is 0 Å². The van der Waals surface area contributed by atoms with Gasteiger partial charge in [-0.05, 0) is 59.7 Å². The Kier molecular flexibility index (Phi) is 5.42. The van der Waals surface area contributed by atoms with Crippen molar-refractivity contribution in [3.05, 3.63) is 112 Å². The Balaban J connectivity index is 1.84. The zero-order chi connectivity index (χ0) is 18.6. The van der Waals surface area contributed by atoms with Crippen LogP contribution in [0.5, 0.6) is 0 Å². The van der Waals surface area contributed by atoms with Gasteiger partial charge in [0.25, 0.3) is 0 Å². The monoisotopic (exact) mass is 477 g/mol. The first kappa shape index (κ1) is 18.0. The van der Waals surface area contributed by atoms with Crippen molar-refractivity contribution >= 4 is 48.9 Å². The molecule has 0 unspecified atom stereocenters. The topological polar surface area (TPSA) is 3.24 Å². The van der Waals surface area contributed by atoms with E-state index in [1.807, 2.05) is 12.1 Å². The van der Waals surface area contributed by atoms with Crippen molar-refractivity contribution in [3.63, 3.8) is 0 Å². The molecule has 132 valence electrons. The molecule has 0 aromatic heterocycles. The molecule has 27 heavy (non-hydrogen) atoms. The maximum Gasteiger partial charge on any atom is 0.0467 e. The molecule has 0 saturated carbocycles. The minimum atomic E-state index is 1.06. The molecule has 0 heterocycles. The van der Waals surface area contributed by atoms with Crippen LogP contribution in [0.15, 0.2) is 112 Å². The molecule has 0 fully saturated rings. The van der Waals surface area contributed by atoms with Crippen molar-refractivity contribution in [2.45, 2.75) is 0 Å². The molecule has 4 rings (SSSR count). The highest BCUT2D eigenvalue weighted by atomic mass is 79.9. The van der Waals surface area contributed by atoms with Crippen molar-refractivity contribution in [3.8, 4) is 11.1 Å². The second kappa shape index (κ2) is 8.12. The van der Waals surface area contributed by atoms with Gasteiger partial charge in [-0.15, -0.1) is 0 Å². The zero-order valence-corrected chi connectivity index (χ0v) is 17.7. The summed E-state index contributed by atoms with van der Waals surface area (Å²) in [4.78, 5) is 2.27. The quantitative estimate of drug-likeness (QED) is 0.284. The summed E-state index contributed by atoms with van der Waals surface area (Å²) < 4.78 is 2.13. The first-order valence-electron chi connectivity index (χ1n) is 8.68. The number of hydrogen-bond acceptors (Lipinski definition) is 1. The van der Waals surface area contributed by atoms with Gasteiger partial charge in [0.05, 0.1) is 0 Å². The third-order valence-corrected chi connectivity index (χ3v) is 5.52. The highest BCUT2D eigenvalue weighted by molar-refractivity contribution is 9.11. The van der Waals surface area contributed by atoms with Crippen molar-refractivity contribution in [2.24, 2.45) is 0 Å². The molecule has 1 nitrogen and oxygen atoms in total. The largest absolute Gasteiger partial charge is 0.310 e. The van der Waals surface area contributed by atoms with Crippen molar-refractivity contribution in [2.75, 3.05) is 4.90 Å². The predicted molar refractivity (Wildman–Crippen MR) is 122 cm³/mol. The third-order valence-electron chi connectivity index (χ3n) is 4.38. The fourth-order valence-corrected chi connectivity index (χ4v) is 4.41. The average molecular weight is 479 g/mol. The normalized spacial score (nSPS) is 10.6. The van der Waals surface area contributed by atoms with Crippen LogP contribution in [0.2, 0.25) is 0 Å². The minimum absolute atomic E-state index is 1.06. The fourth-order valence-electron chi connectivity index (χ4n) is 3.14. The highest BCUT2D eigenvalue weighted by Crippen LogP contribution is 2.38. The van der Waals surface area contributed by atoms with Gasteiger partial charge in [0.1, 0.15) is 0 Å². The lowest BCUT2D eigenvalue weighted by Gasteiger charge is -2.26. The lowest BCUT2D eigenvalue weighted by Crippen LogP contribution is -2.09. The maximum atomic E-state index is 3.69. The van der Waals surface area contributed by atoms with E-state index in [1.165, 1.54) is 11.1 Å². The molecular formula is C24H17Br2N. The van der Waals surface area contributed by atoms with Crippen LogP contribution in [0.4, 0.5) is 17.1 Å². The van der Waals surface area contributed by atoms with Gasteiger partial charge < -0.3 is 4.90 Å². The van der Waals surface area contributed by atoms with Gasteiger partial charge >= 0.3 is 0 Å². The van der Waals surface area contributed by atoms with Crippen LogP contribution >= 0.6 is 31.9 Å². The molecule has 0 bridgehead atoms. The number of para-hydroxylation sites is 2. The standard InChI is InChI=1S/C24H17Br2N/c25-19-14-15-23(24(26)17-19)18-8-7-13-22(16-18)27(20-9-3-1-4-10-20)21-11-5-2-6-12-21/h1-17H. The minimum Gasteiger partial charge on any atom is -0.310 e. The fraction of sp³-hybridized carbons (Fsp3) is 0. The first-order valence-corrected chi connectivity index (χ1v) is 10.3. The summed E-state index contributed by atoms with van der Waals surface area (Å²) in [6.45, 7) is 0. The van der Waals surface area contributed by atoms with Gasteiger partial charge in [0, 0.05) is 26.0 Å². The summed E-state index contributed by atoms with van der Waals surface area (Å²) in [5.74, 6) is 0. The Morgan fingerprint density at radius 2 is 1.11 bits per heavy atom. The van der Waals surface area contributed by atoms with Gasteiger partial charge in [-0.2, -0.15) is 0 Å². The lowest BCUT2D eigenvalue weighted by molar-refractivity contribution is 1.28. The summed E-state index contributed by atoms with van der Waals surface area (Å²) >= 11 is 7.22. The van der Waals surface area contributed by atoms with Crippen LogP contribution < -0.4 is 4.90 Å². The summed E-state index contributed by atoms with van der Waals surface area (Å²) in [6, 6.07) is 35.8. The van der Waals surface area contributed by atoms with Crippen LogP contribution in [0.3, 0.4) is 0 Å². The molecule has 4 aromatic rings. The number of hydrogen-bond donors (Lipinski definition) is 0. The molecule has 0 aliphatic carbocycles. The highest BCUT2D eigenvalue weighted by Gasteiger charge is 2.13. The zero-order valence-electron chi connectivity index (χ0n) is 14.5. The van der Waals surface area contributed by atoms with Gasteiger partial charge in [-0.3, -0.25) is 0 Å². The molecule has 3 heteroatoms. The smallest absolute Gasteiger partial charge is 0.0467 e. The van der Waals surface area contributed by atoms with Gasteiger partial charge in [-0.25, -0.2) is 0 Å². The van der Waals surface area contributed by atoms with E-state index in [2.05, 4.69) is 128 Å². The Bertz CT molecular complexity index is 1010. The number of anilines is 3. The Labute approximate surface area is 176 Å². The maximum absolute atomic E-state index is 3.69. The second-order valence-electron chi connectivity index (χ2n) is 6.18. The average Bonchev–Trinajstić information content (AvgIpc) is 2.70. The Hall–Kier alpha value is -2.36. The molecule has 0 amide bonds. The Morgan fingerprint density at radius 3 is 1.70 bits per heavy atom. The molecule has 0 spiro atoms. The first-order chi connectivity index (χ1) is 13.2. The molecule has 0 aliphatic heterocycles.